The highest BCUT2D eigenvalue weighted by atomic mass is 16.5. The number of methoxy groups -OCH3 is 1. The molecule has 0 spiro atoms. The Morgan fingerprint density at radius 1 is 0.882 bits per heavy atom. The predicted octanol–water partition coefficient (Wildman–Crippen LogP) is 4.56. The van der Waals surface area contributed by atoms with Crippen molar-refractivity contribution in [3.8, 4) is 11.5 Å². The topological polar surface area (TPSA) is 71.1 Å². The minimum absolute atomic E-state index is 0.209. The number of anilines is 3. The average molecular weight is 458 g/mol. The Bertz CT molecular complexity index is 1230. The number of imide groups is 1. The monoisotopic (exact) mass is 457 g/mol. The Morgan fingerprint density at radius 3 is 2.21 bits per heavy atom. The summed E-state index contributed by atoms with van der Waals surface area (Å²) in [5.41, 5.74) is 3.25. The van der Waals surface area contributed by atoms with Gasteiger partial charge in [0.25, 0.3) is 11.8 Å². The summed E-state index contributed by atoms with van der Waals surface area (Å²) in [6, 6.07) is 21.7. The van der Waals surface area contributed by atoms with Crippen LogP contribution in [0.3, 0.4) is 0 Å². The fourth-order valence-corrected chi connectivity index (χ4v) is 3.78. The summed E-state index contributed by atoms with van der Waals surface area (Å²) in [5.74, 6) is 0.523. The zero-order valence-corrected chi connectivity index (χ0v) is 19.7. The molecule has 0 saturated heterocycles. The van der Waals surface area contributed by atoms with Crippen LogP contribution in [0.2, 0.25) is 0 Å². The third-order valence-corrected chi connectivity index (χ3v) is 5.50. The summed E-state index contributed by atoms with van der Waals surface area (Å²) in [6.45, 7) is 2.43. The third-order valence-electron chi connectivity index (χ3n) is 5.50. The number of nitrogens with zero attached hydrogens (tertiary/aromatic N) is 2. The lowest BCUT2D eigenvalue weighted by atomic mass is 10.0. The van der Waals surface area contributed by atoms with E-state index in [4.69, 9.17) is 9.47 Å². The molecule has 34 heavy (non-hydrogen) atoms. The molecule has 2 amide bonds. The molecule has 3 aromatic rings. The van der Waals surface area contributed by atoms with E-state index in [0.717, 1.165) is 5.69 Å². The summed E-state index contributed by atoms with van der Waals surface area (Å²) >= 11 is 0. The van der Waals surface area contributed by atoms with E-state index < -0.39 is 11.8 Å². The Hall–Kier alpha value is -4.26. The molecule has 1 N–H and O–H groups in total. The van der Waals surface area contributed by atoms with Gasteiger partial charge in [-0.05, 0) is 61.0 Å². The Balaban J connectivity index is 1.76. The van der Waals surface area contributed by atoms with Crippen LogP contribution in [0, 0.1) is 0 Å². The van der Waals surface area contributed by atoms with Gasteiger partial charge in [0.1, 0.15) is 17.2 Å². The molecule has 1 heterocycles. The van der Waals surface area contributed by atoms with Crippen molar-refractivity contribution in [1.82, 2.24) is 0 Å². The summed E-state index contributed by atoms with van der Waals surface area (Å²) in [6.07, 6.45) is 0. The second kappa shape index (κ2) is 9.70. The third kappa shape index (κ3) is 4.45. The summed E-state index contributed by atoms with van der Waals surface area (Å²) < 4.78 is 10.8. The van der Waals surface area contributed by atoms with Gasteiger partial charge in [-0.25, -0.2) is 4.90 Å². The van der Waals surface area contributed by atoms with Crippen LogP contribution in [0.1, 0.15) is 12.5 Å². The minimum Gasteiger partial charge on any atom is -0.497 e. The number of nitrogens with one attached hydrogen (secondary N) is 1. The van der Waals surface area contributed by atoms with Crippen LogP contribution in [0.5, 0.6) is 11.5 Å². The van der Waals surface area contributed by atoms with Crippen molar-refractivity contribution < 1.29 is 19.1 Å². The summed E-state index contributed by atoms with van der Waals surface area (Å²) in [5, 5.41) is 3.17. The maximum absolute atomic E-state index is 13.6. The molecule has 0 atom stereocenters. The lowest BCUT2D eigenvalue weighted by molar-refractivity contribution is -0.120. The number of ether oxygens (including phenoxy) is 2. The lowest BCUT2D eigenvalue weighted by Crippen LogP contribution is -2.32. The van der Waals surface area contributed by atoms with Crippen molar-refractivity contribution >= 4 is 34.4 Å². The van der Waals surface area contributed by atoms with Crippen LogP contribution >= 0.6 is 0 Å². The van der Waals surface area contributed by atoms with Crippen molar-refractivity contribution in [1.29, 1.82) is 0 Å². The van der Waals surface area contributed by atoms with Crippen molar-refractivity contribution in [3.05, 3.63) is 84.1 Å². The van der Waals surface area contributed by atoms with Crippen LogP contribution in [-0.2, 0) is 9.59 Å². The molecule has 7 nitrogen and oxygen atoms in total. The van der Waals surface area contributed by atoms with Crippen molar-refractivity contribution in [2.75, 3.05) is 42.9 Å². The van der Waals surface area contributed by atoms with Crippen LogP contribution in [0.4, 0.5) is 17.1 Å². The van der Waals surface area contributed by atoms with Gasteiger partial charge in [0.05, 0.1) is 25.0 Å². The number of rotatable bonds is 8. The maximum atomic E-state index is 13.6. The molecule has 1 aliphatic rings. The van der Waals surface area contributed by atoms with Crippen molar-refractivity contribution in [2.45, 2.75) is 6.92 Å². The Kier molecular flexibility index (Phi) is 6.54. The number of hydrogen-bond donors (Lipinski definition) is 1. The summed E-state index contributed by atoms with van der Waals surface area (Å²) in [7, 11) is 5.45. The van der Waals surface area contributed by atoms with Gasteiger partial charge >= 0.3 is 0 Å². The first-order valence-corrected chi connectivity index (χ1v) is 11.0. The van der Waals surface area contributed by atoms with E-state index in [2.05, 4.69) is 5.32 Å². The first kappa shape index (κ1) is 22.9. The second-order valence-electron chi connectivity index (χ2n) is 7.92. The summed E-state index contributed by atoms with van der Waals surface area (Å²) in [4.78, 5) is 30.3. The Morgan fingerprint density at radius 2 is 1.59 bits per heavy atom. The van der Waals surface area contributed by atoms with Crippen LogP contribution in [0.25, 0.3) is 5.57 Å². The molecule has 0 aromatic heterocycles. The molecule has 4 rings (SSSR count). The van der Waals surface area contributed by atoms with Gasteiger partial charge in [0.15, 0.2) is 0 Å². The highest BCUT2D eigenvalue weighted by Gasteiger charge is 2.40. The molecule has 7 heteroatoms. The van der Waals surface area contributed by atoms with Gasteiger partial charge in [0.2, 0.25) is 0 Å². The van der Waals surface area contributed by atoms with E-state index in [9.17, 15) is 9.59 Å². The molecule has 3 aromatic carbocycles. The van der Waals surface area contributed by atoms with Gasteiger partial charge in [-0.1, -0.05) is 18.2 Å². The lowest BCUT2D eigenvalue weighted by Gasteiger charge is -2.18. The van der Waals surface area contributed by atoms with E-state index in [0.29, 0.717) is 40.6 Å². The molecular formula is C27H27N3O4. The largest absolute Gasteiger partial charge is 0.497 e. The molecular weight excluding hydrogens is 430 g/mol. The molecule has 1 aliphatic heterocycles. The van der Waals surface area contributed by atoms with Gasteiger partial charge in [-0.3, -0.25) is 9.59 Å². The van der Waals surface area contributed by atoms with Gasteiger partial charge in [-0.15, -0.1) is 0 Å². The first-order chi connectivity index (χ1) is 16.4. The SMILES string of the molecule is CCOc1cccc(NC2=C(c3ccc(OC)cc3)C(=O)N(c3ccc(N(C)C)cc3)C2=O)c1. The van der Waals surface area contributed by atoms with Crippen LogP contribution in [-0.4, -0.2) is 39.6 Å². The van der Waals surface area contributed by atoms with Crippen LogP contribution in [0.15, 0.2) is 78.5 Å². The smallest absolute Gasteiger partial charge is 0.282 e. The molecule has 0 aliphatic carbocycles. The highest BCUT2D eigenvalue weighted by Crippen LogP contribution is 2.35. The quantitative estimate of drug-likeness (QED) is 0.500. The normalized spacial score (nSPS) is 13.4. The van der Waals surface area contributed by atoms with Crippen molar-refractivity contribution in [3.63, 3.8) is 0 Å². The Labute approximate surface area is 199 Å². The molecule has 0 radical (unpaired) electrons. The van der Waals surface area contributed by atoms with E-state index >= 15 is 0 Å². The van der Waals surface area contributed by atoms with E-state index in [1.54, 1.807) is 49.6 Å². The van der Waals surface area contributed by atoms with E-state index in [1.165, 1.54) is 4.90 Å². The van der Waals surface area contributed by atoms with E-state index in [-0.39, 0.29) is 5.70 Å². The van der Waals surface area contributed by atoms with Gasteiger partial charge in [-0.2, -0.15) is 0 Å². The number of carbonyl (C=O) groups excluding carboxylic acids is 2. The second-order valence-corrected chi connectivity index (χ2v) is 7.92. The number of hydrogen-bond acceptors (Lipinski definition) is 6. The fraction of sp³-hybridized carbons (Fsp3) is 0.185. The predicted molar refractivity (Wildman–Crippen MR) is 134 cm³/mol. The average Bonchev–Trinajstić information content (AvgIpc) is 3.08. The highest BCUT2D eigenvalue weighted by molar-refractivity contribution is 6.46. The molecule has 0 bridgehead atoms. The number of carbonyl (C=O) groups is 2. The van der Waals surface area contributed by atoms with Gasteiger partial charge in [0, 0.05) is 31.5 Å². The minimum atomic E-state index is -0.421. The fourth-order valence-electron chi connectivity index (χ4n) is 3.78. The molecule has 0 unspecified atom stereocenters. The maximum Gasteiger partial charge on any atom is 0.282 e. The van der Waals surface area contributed by atoms with Crippen LogP contribution < -0.4 is 24.6 Å². The first-order valence-electron chi connectivity index (χ1n) is 11.0. The molecule has 174 valence electrons. The zero-order valence-electron chi connectivity index (χ0n) is 19.7. The van der Waals surface area contributed by atoms with Gasteiger partial charge < -0.3 is 19.7 Å². The molecule has 0 saturated carbocycles. The molecule has 0 fully saturated rings. The van der Waals surface area contributed by atoms with E-state index in [1.807, 2.05) is 56.3 Å². The zero-order chi connectivity index (χ0) is 24.2. The van der Waals surface area contributed by atoms with Crippen molar-refractivity contribution in [2.24, 2.45) is 0 Å². The standard InChI is InChI=1S/C27H27N3O4/c1-5-34-23-8-6-7-19(17-23)28-25-24(18-9-15-22(33-4)16-10-18)26(31)30(27(25)32)21-13-11-20(12-14-21)29(2)3/h6-17,28H,5H2,1-4H3. The number of benzene rings is 3. The number of amides is 2.